The van der Waals surface area contributed by atoms with Crippen LogP contribution in [0, 0.1) is 11.3 Å². The molecule has 1 nitrogen and oxygen atoms in total. The van der Waals surface area contributed by atoms with Crippen molar-refractivity contribution in [2.24, 2.45) is 0 Å². The van der Waals surface area contributed by atoms with E-state index in [0.717, 1.165) is 20.1 Å². The molecule has 0 amide bonds. The van der Waals surface area contributed by atoms with Crippen LogP contribution in [-0.4, -0.2) is 0 Å². The molecule has 2 aromatic carbocycles. The van der Waals surface area contributed by atoms with Gasteiger partial charge in [0.2, 0.25) is 0 Å². The zero-order valence-corrected chi connectivity index (χ0v) is 11.4. The highest BCUT2D eigenvalue weighted by molar-refractivity contribution is 9.13. The zero-order chi connectivity index (χ0) is 11.5. The molecular weight excluding hydrogens is 330 g/mol. The molecule has 78 valence electrons. The standard InChI is InChI=1S/C13H7Br2N/c14-12-6-5-9(7-13(12)15)11-4-2-1-3-10(11)8-16/h1-7H. The van der Waals surface area contributed by atoms with Gasteiger partial charge in [-0.1, -0.05) is 24.3 Å². The molecule has 0 atom stereocenters. The second-order valence-corrected chi connectivity index (χ2v) is 4.99. The minimum absolute atomic E-state index is 0.691. The Morgan fingerprint density at radius 2 is 1.69 bits per heavy atom. The Kier molecular flexibility index (Phi) is 3.42. The van der Waals surface area contributed by atoms with Crippen molar-refractivity contribution in [1.29, 1.82) is 5.26 Å². The van der Waals surface area contributed by atoms with Crippen LogP contribution in [-0.2, 0) is 0 Å². The lowest BCUT2D eigenvalue weighted by atomic mass is 10.0. The lowest BCUT2D eigenvalue weighted by Crippen LogP contribution is -1.84. The maximum absolute atomic E-state index is 9.03. The van der Waals surface area contributed by atoms with E-state index in [4.69, 9.17) is 5.26 Å². The van der Waals surface area contributed by atoms with Crippen molar-refractivity contribution >= 4 is 31.9 Å². The molecule has 0 aliphatic rings. The van der Waals surface area contributed by atoms with E-state index in [1.165, 1.54) is 0 Å². The van der Waals surface area contributed by atoms with Gasteiger partial charge in [0.05, 0.1) is 11.6 Å². The SMILES string of the molecule is N#Cc1ccccc1-c1ccc(Br)c(Br)c1. The fraction of sp³-hybridized carbons (Fsp3) is 0. The summed E-state index contributed by atoms with van der Waals surface area (Å²) in [4.78, 5) is 0. The Morgan fingerprint density at radius 1 is 0.938 bits per heavy atom. The van der Waals surface area contributed by atoms with E-state index in [9.17, 15) is 0 Å². The summed E-state index contributed by atoms with van der Waals surface area (Å²) in [6.45, 7) is 0. The Balaban J connectivity index is 2.60. The first-order valence-electron chi connectivity index (χ1n) is 4.67. The summed E-state index contributed by atoms with van der Waals surface area (Å²) in [6.07, 6.45) is 0. The van der Waals surface area contributed by atoms with Gasteiger partial charge < -0.3 is 0 Å². The van der Waals surface area contributed by atoms with Gasteiger partial charge in [0.15, 0.2) is 0 Å². The number of nitrogens with zero attached hydrogens (tertiary/aromatic N) is 1. The van der Waals surface area contributed by atoms with Crippen LogP contribution in [0.4, 0.5) is 0 Å². The second kappa shape index (κ2) is 4.82. The van der Waals surface area contributed by atoms with Crippen LogP contribution in [0.15, 0.2) is 51.4 Å². The van der Waals surface area contributed by atoms with Crippen molar-refractivity contribution in [2.75, 3.05) is 0 Å². The average Bonchev–Trinajstić information content (AvgIpc) is 2.32. The summed E-state index contributed by atoms with van der Waals surface area (Å²) in [5, 5.41) is 9.03. The second-order valence-electron chi connectivity index (χ2n) is 3.29. The molecular formula is C13H7Br2N. The van der Waals surface area contributed by atoms with Crippen LogP contribution in [0.2, 0.25) is 0 Å². The van der Waals surface area contributed by atoms with Gasteiger partial charge in [-0.3, -0.25) is 0 Å². The lowest BCUT2D eigenvalue weighted by molar-refractivity contribution is 1.47. The normalized spacial score (nSPS) is 9.81. The number of halogens is 2. The first-order valence-corrected chi connectivity index (χ1v) is 6.25. The molecule has 0 saturated heterocycles. The van der Waals surface area contributed by atoms with E-state index in [0.29, 0.717) is 5.56 Å². The molecule has 0 fully saturated rings. The van der Waals surface area contributed by atoms with E-state index >= 15 is 0 Å². The van der Waals surface area contributed by atoms with E-state index in [1.54, 1.807) is 0 Å². The fourth-order valence-electron chi connectivity index (χ4n) is 1.50. The number of rotatable bonds is 1. The van der Waals surface area contributed by atoms with E-state index < -0.39 is 0 Å². The van der Waals surface area contributed by atoms with E-state index in [2.05, 4.69) is 37.9 Å². The van der Waals surface area contributed by atoms with Crippen LogP contribution in [0.3, 0.4) is 0 Å². The molecule has 0 unspecified atom stereocenters. The first-order chi connectivity index (χ1) is 7.72. The molecule has 0 saturated carbocycles. The molecule has 0 spiro atoms. The number of hydrogen-bond donors (Lipinski definition) is 0. The van der Waals surface area contributed by atoms with Crippen molar-refractivity contribution in [2.45, 2.75) is 0 Å². The van der Waals surface area contributed by atoms with Gasteiger partial charge in [-0.15, -0.1) is 0 Å². The van der Waals surface area contributed by atoms with Crippen molar-refractivity contribution in [1.82, 2.24) is 0 Å². The fourth-order valence-corrected chi connectivity index (χ4v) is 2.12. The third kappa shape index (κ3) is 2.18. The summed E-state index contributed by atoms with van der Waals surface area (Å²) >= 11 is 6.89. The van der Waals surface area contributed by atoms with E-state index in [-0.39, 0.29) is 0 Å². The van der Waals surface area contributed by atoms with Crippen molar-refractivity contribution < 1.29 is 0 Å². The third-order valence-electron chi connectivity index (χ3n) is 2.28. The van der Waals surface area contributed by atoms with Gasteiger partial charge in [0, 0.05) is 8.95 Å². The Labute approximate surface area is 111 Å². The molecule has 0 aliphatic carbocycles. The van der Waals surface area contributed by atoms with Crippen LogP contribution in [0.1, 0.15) is 5.56 Å². The maximum atomic E-state index is 9.03. The molecule has 0 N–H and O–H groups in total. The highest BCUT2D eigenvalue weighted by atomic mass is 79.9. The summed E-state index contributed by atoms with van der Waals surface area (Å²) in [5.74, 6) is 0. The van der Waals surface area contributed by atoms with Crippen LogP contribution < -0.4 is 0 Å². The Morgan fingerprint density at radius 3 is 2.38 bits per heavy atom. The van der Waals surface area contributed by atoms with Crippen molar-refractivity contribution in [3.63, 3.8) is 0 Å². The van der Waals surface area contributed by atoms with Gasteiger partial charge in [-0.05, 0) is 61.2 Å². The van der Waals surface area contributed by atoms with Gasteiger partial charge in [-0.25, -0.2) is 0 Å². The minimum Gasteiger partial charge on any atom is -0.192 e. The summed E-state index contributed by atoms with van der Waals surface area (Å²) in [5.41, 5.74) is 2.68. The molecule has 0 aromatic heterocycles. The topological polar surface area (TPSA) is 23.8 Å². The molecule has 16 heavy (non-hydrogen) atoms. The highest BCUT2D eigenvalue weighted by Crippen LogP contribution is 2.30. The minimum atomic E-state index is 0.691. The molecule has 3 heteroatoms. The largest absolute Gasteiger partial charge is 0.192 e. The number of hydrogen-bond acceptors (Lipinski definition) is 1. The van der Waals surface area contributed by atoms with Gasteiger partial charge in [-0.2, -0.15) is 5.26 Å². The lowest BCUT2D eigenvalue weighted by Gasteiger charge is -2.05. The van der Waals surface area contributed by atoms with Crippen LogP contribution in [0.5, 0.6) is 0 Å². The number of nitriles is 1. The molecule has 2 aromatic rings. The molecule has 0 radical (unpaired) electrons. The van der Waals surface area contributed by atoms with Crippen molar-refractivity contribution in [3.05, 3.63) is 57.0 Å². The Hall–Kier alpha value is -1.11. The maximum Gasteiger partial charge on any atom is 0.0998 e. The molecule has 0 bridgehead atoms. The monoisotopic (exact) mass is 335 g/mol. The molecule has 2 rings (SSSR count). The smallest absolute Gasteiger partial charge is 0.0998 e. The van der Waals surface area contributed by atoms with E-state index in [1.807, 2.05) is 42.5 Å². The molecule has 0 heterocycles. The summed E-state index contributed by atoms with van der Waals surface area (Å²) in [6, 6.07) is 15.7. The quantitative estimate of drug-likeness (QED) is 0.737. The summed E-state index contributed by atoms with van der Waals surface area (Å²) in [7, 11) is 0. The third-order valence-corrected chi connectivity index (χ3v) is 4.16. The van der Waals surface area contributed by atoms with Gasteiger partial charge >= 0.3 is 0 Å². The van der Waals surface area contributed by atoms with Crippen molar-refractivity contribution in [3.8, 4) is 17.2 Å². The Bertz CT molecular complexity index is 570. The van der Waals surface area contributed by atoms with Crippen LogP contribution >= 0.6 is 31.9 Å². The van der Waals surface area contributed by atoms with Gasteiger partial charge in [0.1, 0.15) is 0 Å². The van der Waals surface area contributed by atoms with Gasteiger partial charge in [0.25, 0.3) is 0 Å². The first kappa shape index (κ1) is 11.4. The predicted molar refractivity (Wildman–Crippen MR) is 72.0 cm³/mol. The summed E-state index contributed by atoms with van der Waals surface area (Å²) < 4.78 is 1.99. The number of benzene rings is 2. The average molecular weight is 337 g/mol. The predicted octanol–water partition coefficient (Wildman–Crippen LogP) is 4.75. The zero-order valence-electron chi connectivity index (χ0n) is 8.24. The highest BCUT2D eigenvalue weighted by Gasteiger charge is 2.05. The van der Waals surface area contributed by atoms with Crippen LogP contribution in [0.25, 0.3) is 11.1 Å². The molecule has 0 aliphatic heterocycles.